The Morgan fingerprint density at radius 2 is 1.94 bits per heavy atom. The number of nitrogens with one attached hydrogen (secondary N) is 2. The second kappa shape index (κ2) is 7.63. The largest absolute Gasteiger partial charge is 0.350 e. The zero-order chi connectivity index (χ0) is 12.6. The fourth-order valence-corrected chi connectivity index (χ4v) is 1.14. The van der Waals surface area contributed by atoms with Crippen LogP contribution in [-0.2, 0) is 4.79 Å². The summed E-state index contributed by atoms with van der Waals surface area (Å²) < 4.78 is 0. The van der Waals surface area contributed by atoms with Gasteiger partial charge in [-0.3, -0.25) is 4.79 Å². The molecule has 0 aromatic rings. The topological polar surface area (TPSA) is 44.4 Å². The van der Waals surface area contributed by atoms with Crippen molar-refractivity contribution in [1.29, 1.82) is 0 Å². The van der Waals surface area contributed by atoms with Crippen LogP contribution >= 0.6 is 0 Å². The van der Waals surface area contributed by atoms with E-state index < -0.39 is 0 Å². The Hall–Kier alpha value is -0.610. The Bertz CT molecular complexity index is 204. The summed E-state index contributed by atoms with van der Waals surface area (Å²) in [5.41, 5.74) is -0.0982. The number of carbonyl (C=O) groups is 1. The first kappa shape index (κ1) is 15.4. The number of hydrogen-bond acceptors (Lipinski definition) is 3. The minimum absolute atomic E-state index is 0.0750. The highest BCUT2D eigenvalue weighted by Gasteiger charge is 2.16. The Morgan fingerprint density at radius 3 is 2.44 bits per heavy atom. The molecule has 0 aromatic carbocycles. The summed E-state index contributed by atoms with van der Waals surface area (Å²) in [6.45, 7) is 11.5. The standard InChI is InChI=1S/C12H27N3O/c1-6-12(3,4)14-11(16)10-13-8-9-15(5)7-2/h13H,6-10H2,1-5H3,(H,14,16). The van der Waals surface area contributed by atoms with Crippen LogP contribution in [0.5, 0.6) is 0 Å². The maximum Gasteiger partial charge on any atom is 0.234 e. The second-order valence-corrected chi connectivity index (χ2v) is 4.86. The summed E-state index contributed by atoms with van der Waals surface area (Å²) in [5.74, 6) is 0.0750. The molecule has 0 heterocycles. The van der Waals surface area contributed by atoms with Gasteiger partial charge >= 0.3 is 0 Å². The summed E-state index contributed by atoms with van der Waals surface area (Å²) >= 11 is 0. The number of hydrogen-bond donors (Lipinski definition) is 2. The van der Waals surface area contributed by atoms with Crippen LogP contribution in [0.15, 0.2) is 0 Å². The van der Waals surface area contributed by atoms with Crippen LogP contribution in [0.25, 0.3) is 0 Å². The van der Waals surface area contributed by atoms with Gasteiger partial charge in [-0.25, -0.2) is 0 Å². The first-order chi connectivity index (χ1) is 7.41. The first-order valence-corrected chi connectivity index (χ1v) is 6.11. The third kappa shape index (κ3) is 7.65. The first-order valence-electron chi connectivity index (χ1n) is 6.11. The Labute approximate surface area is 99.8 Å². The molecule has 0 saturated carbocycles. The molecule has 0 unspecified atom stereocenters. The molecule has 0 spiro atoms. The van der Waals surface area contributed by atoms with E-state index in [0.29, 0.717) is 6.54 Å². The summed E-state index contributed by atoms with van der Waals surface area (Å²) in [7, 11) is 2.07. The van der Waals surface area contributed by atoms with Crippen LogP contribution in [0.4, 0.5) is 0 Å². The van der Waals surface area contributed by atoms with E-state index in [1.165, 1.54) is 0 Å². The van der Waals surface area contributed by atoms with Gasteiger partial charge in [0.25, 0.3) is 0 Å². The van der Waals surface area contributed by atoms with Gasteiger partial charge in [0, 0.05) is 18.6 Å². The minimum Gasteiger partial charge on any atom is -0.350 e. The monoisotopic (exact) mass is 229 g/mol. The molecule has 0 aliphatic carbocycles. The molecule has 0 fully saturated rings. The van der Waals surface area contributed by atoms with Crippen molar-refractivity contribution in [2.75, 3.05) is 33.2 Å². The molecule has 1 amide bonds. The van der Waals surface area contributed by atoms with Crippen molar-refractivity contribution in [3.05, 3.63) is 0 Å². The van der Waals surface area contributed by atoms with Crippen LogP contribution in [0.2, 0.25) is 0 Å². The van der Waals surface area contributed by atoms with E-state index in [1.54, 1.807) is 0 Å². The Balaban J connectivity index is 3.59. The lowest BCUT2D eigenvalue weighted by molar-refractivity contribution is -0.121. The molecule has 16 heavy (non-hydrogen) atoms. The quantitative estimate of drug-likeness (QED) is 0.606. The maximum absolute atomic E-state index is 11.5. The maximum atomic E-state index is 11.5. The number of rotatable bonds is 8. The van der Waals surface area contributed by atoms with E-state index in [2.05, 4.69) is 36.4 Å². The smallest absolute Gasteiger partial charge is 0.234 e. The molecule has 4 nitrogen and oxygen atoms in total. The number of amides is 1. The van der Waals surface area contributed by atoms with Crippen LogP contribution in [0, 0.1) is 0 Å². The van der Waals surface area contributed by atoms with E-state index in [4.69, 9.17) is 0 Å². The fourth-order valence-electron chi connectivity index (χ4n) is 1.14. The molecule has 4 heteroatoms. The SMILES string of the molecule is CCN(C)CCNCC(=O)NC(C)(C)CC. The van der Waals surface area contributed by atoms with Gasteiger partial charge in [-0.15, -0.1) is 0 Å². The summed E-state index contributed by atoms with van der Waals surface area (Å²) in [6, 6.07) is 0. The van der Waals surface area contributed by atoms with Crippen molar-refractivity contribution in [1.82, 2.24) is 15.5 Å². The van der Waals surface area contributed by atoms with Gasteiger partial charge in [-0.1, -0.05) is 13.8 Å². The van der Waals surface area contributed by atoms with Crippen LogP contribution in [0.3, 0.4) is 0 Å². The fraction of sp³-hybridized carbons (Fsp3) is 0.917. The molecule has 0 aliphatic heterocycles. The van der Waals surface area contributed by atoms with Crippen molar-refractivity contribution in [2.45, 2.75) is 39.7 Å². The lowest BCUT2D eigenvalue weighted by atomic mass is 10.0. The third-order valence-electron chi connectivity index (χ3n) is 2.86. The van der Waals surface area contributed by atoms with Gasteiger partial charge in [0.15, 0.2) is 0 Å². The third-order valence-corrected chi connectivity index (χ3v) is 2.86. The van der Waals surface area contributed by atoms with Crippen molar-refractivity contribution in [3.63, 3.8) is 0 Å². The van der Waals surface area contributed by atoms with Crippen molar-refractivity contribution < 1.29 is 4.79 Å². The van der Waals surface area contributed by atoms with Gasteiger partial charge in [0.2, 0.25) is 5.91 Å². The van der Waals surface area contributed by atoms with Crippen molar-refractivity contribution in [2.24, 2.45) is 0 Å². The highest BCUT2D eigenvalue weighted by Crippen LogP contribution is 2.05. The lowest BCUT2D eigenvalue weighted by Crippen LogP contribution is -2.47. The summed E-state index contributed by atoms with van der Waals surface area (Å²) in [5, 5.41) is 6.14. The van der Waals surface area contributed by atoms with Gasteiger partial charge in [-0.05, 0) is 33.9 Å². The van der Waals surface area contributed by atoms with E-state index in [9.17, 15) is 4.79 Å². The molecular formula is C12H27N3O. The zero-order valence-electron chi connectivity index (χ0n) is 11.4. The molecule has 0 saturated heterocycles. The number of likely N-dealkylation sites (N-methyl/N-ethyl adjacent to an activating group) is 1. The van der Waals surface area contributed by atoms with E-state index in [-0.39, 0.29) is 11.4 Å². The lowest BCUT2D eigenvalue weighted by Gasteiger charge is -2.24. The van der Waals surface area contributed by atoms with Crippen molar-refractivity contribution >= 4 is 5.91 Å². The van der Waals surface area contributed by atoms with E-state index in [1.807, 2.05) is 13.8 Å². The predicted molar refractivity (Wildman–Crippen MR) is 68.6 cm³/mol. The number of nitrogens with zero attached hydrogens (tertiary/aromatic N) is 1. The molecule has 0 aromatic heterocycles. The van der Waals surface area contributed by atoms with E-state index >= 15 is 0 Å². The van der Waals surface area contributed by atoms with Crippen LogP contribution < -0.4 is 10.6 Å². The highest BCUT2D eigenvalue weighted by atomic mass is 16.2. The predicted octanol–water partition coefficient (Wildman–Crippen LogP) is 0.833. The minimum atomic E-state index is -0.0982. The zero-order valence-corrected chi connectivity index (χ0v) is 11.4. The van der Waals surface area contributed by atoms with E-state index in [0.717, 1.165) is 26.1 Å². The summed E-state index contributed by atoms with van der Waals surface area (Å²) in [4.78, 5) is 13.8. The molecule has 2 N–H and O–H groups in total. The van der Waals surface area contributed by atoms with Crippen LogP contribution in [-0.4, -0.2) is 49.6 Å². The molecule has 0 radical (unpaired) electrons. The molecule has 0 atom stereocenters. The normalized spacial score (nSPS) is 11.9. The molecule has 96 valence electrons. The average Bonchev–Trinajstić information content (AvgIpc) is 2.23. The van der Waals surface area contributed by atoms with Gasteiger partial charge in [-0.2, -0.15) is 0 Å². The molecule has 0 bridgehead atoms. The highest BCUT2D eigenvalue weighted by molar-refractivity contribution is 5.78. The van der Waals surface area contributed by atoms with Crippen molar-refractivity contribution in [3.8, 4) is 0 Å². The van der Waals surface area contributed by atoms with Gasteiger partial charge < -0.3 is 15.5 Å². The Kier molecular flexibility index (Phi) is 7.34. The molecular weight excluding hydrogens is 202 g/mol. The number of carbonyl (C=O) groups excluding carboxylic acids is 1. The van der Waals surface area contributed by atoms with Gasteiger partial charge in [0.05, 0.1) is 6.54 Å². The second-order valence-electron chi connectivity index (χ2n) is 4.86. The average molecular weight is 229 g/mol. The molecule has 0 aliphatic rings. The van der Waals surface area contributed by atoms with Gasteiger partial charge in [0.1, 0.15) is 0 Å². The Morgan fingerprint density at radius 1 is 1.31 bits per heavy atom. The molecule has 0 rings (SSSR count). The van der Waals surface area contributed by atoms with Crippen LogP contribution in [0.1, 0.15) is 34.1 Å². The summed E-state index contributed by atoms with van der Waals surface area (Å²) in [6.07, 6.45) is 0.942.